The molecule has 5 heterocycles. The van der Waals surface area contributed by atoms with Gasteiger partial charge in [0, 0.05) is 51.4 Å². The molecule has 0 spiro atoms. The molecule has 1 atom stereocenters. The number of rotatable bonds is 9. The van der Waals surface area contributed by atoms with Crippen LogP contribution in [0.4, 0.5) is 20.4 Å². The molecular formula is C25H27ClF2N8O4S2. The third kappa shape index (κ3) is 5.89. The first-order chi connectivity index (χ1) is 19.8. The average Bonchev–Trinajstić information content (AvgIpc) is 3.68. The SMILES string of the molecule is C[S@+]([O-])CCOc1cc(N2CCN(CCn3c(=O)sc4c3nc(N)n3nc(-c5ccco5)nc43)CC2)c(F)cc1F.Cl. The van der Waals surface area contributed by atoms with Crippen LogP contribution in [-0.2, 0) is 17.7 Å². The number of fused-ring (bicyclic) bond motifs is 3. The Bertz CT molecular complexity index is 1750. The fraction of sp³-hybridized carbons (Fsp3) is 0.360. The van der Waals surface area contributed by atoms with Gasteiger partial charge in [0.2, 0.25) is 11.8 Å². The molecule has 0 radical (unpaired) electrons. The number of ether oxygens (including phenoxy) is 1. The minimum absolute atomic E-state index is 0. The van der Waals surface area contributed by atoms with Gasteiger partial charge in [-0.2, -0.15) is 9.50 Å². The number of piperazine rings is 1. The van der Waals surface area contributed by atoms with Crippen molar-refractivity contribution in [3.8, 4) is 17.3 Å². The number of nitrogen functional groups attached to an aromatic ring is 1. The highest BCUT2D eigenvalue weighted by Crippen LogP contribution is 2.29. The van der Waals surface area contributed by atoms with E-state index in [0.29, 0.717) is 66.8 Å². The maximum absolute atomic E-state index is 14.6. The highest BCUT2D eigenvalue weighted by molar-refractivity contribution is 7.90. The molecule has 0 saturated carbocycles. The highest BCUT2D eigenvalue weighted by Gasteiger charge is 2.24. The van der Waals surface area contributed by atoms with E-state index in [2.05, 4.69) is 20.0 Å². The molecule has 0 bridgehead atoms. The summed E-state index contributed by atoms with van der Waals surface area (Å²) >= 11 is -0.0476. The summed E-state index contributed by atoms with van der Waals surface area (Å²) in [5, 5.41) is 4.37. The van der Waals surface area contributed by atoms with E-state index in [1.807, 2.05) is 4.90 Å². The lowest BCUT2D eigenvalue weighted by molar-refractivity contribution is 0.247. The van der Waals surface area contributed by atoms with Crippen LogP contribution in [0.3, 0.4) is 0 Å². The van der Waals surface area contributed by atoms with Crippen molar-refractivity contribution in [3.63, 3.8) is 0 Å². The minimum atomic E-state index is -1.08. The maximum atomic E-state index is 14.6. The van der Waals surface area contributed by atoms with Gasteiger partial charge < -0.3 is 24.3 Å². The molecule has 12 nitrogen and oxygen atoms in total. The van der Waals surface area contributed by atoms with E-state index < -0.39 is 22.8 Å². The van der Waals surface area contributed by atoms with Crippen LogP contribution in [0.2, 0.25) is 0 Å². The number of anilines is 2. The molecule has 1 fully saturated rings. The van der Waals surface area contributed by atoms with E-state index in [1.54, 1.807) is 16.7 Å². The number of furan rings is 1. The molecule has 1 aliphatic heterocycles. The number of nitrogens with two attached hydrogens (primary N) is 1. The normalized spacial score (nSPS) is 14.9. The first-order valence-corrected chi connectivity index (χ1v) is 15.3. The van der Waals surface area contributed by atoms with Gasteiger partial charge >= 0.3 is 4.87 Å². The Hall–Kier alpha value is -3.44. The van der Waals surface area contributed by atoms with Crippen LogP contribution in [0.15, 0.2) is 39.7 Å². The van der Waals surface area contributed by atoms with E-state index in [0.717, 1.165) is 17.4 Å². The number of thiazole rings is 1. The Labute approximate surface area is 251 Å². The number of aromatic nitrogens is 5. The second-order valence-electron chi connectivity index (χ2n) is 9.48. The molecule has 6 rings (SSSR count). The van der Waals surface area contributed by atoms with Gasteiger partial charge in [0.15, 0.2) is 28.6 Å². The lowest BCUT2D eigenvalue weighted by Crippen LogP contribution is -2.47. The smallest absolute Gasteiger partial charge is 0.309 e. The predicted molar refractivity (Wildman–Crippen MR) is 159 cm³/mol. The van der Waals surface area contributed by atoms with Gasteiger partial charge in [0.1, 0.15) is 22.9 Å². The van der Waals surface area contributed by atoms with Gasteiger partial charge in [-0.25, -0.2) is 13.8 Å². The van der Waals surface area contributed by atoms with Gasteiger partial charge in [-0.15, -0.1) is 17.5 Å². The molecule has 1 aliphatic rings. The van der Waals surface area contributed by atoms with Gasteiger partial charge in [-0.05, 0) is 12.1 Å². The summed E-state index contributed by atoms with van der Waals surface area (Å²) in [7, 11) is 0. The number of hydrogen-bond acceptors (Lipinski definition) is 11. The van der Waals surface area contributed by atoms with Crippen molar-refractivity contribution in [2.75, 3.05) is 62.0 Å². The maximum Gasteiger partial charge on any atom is 0.309 e. The van der Waals surface area contributed by atoms with Crippen LogP contribution in [0.1, 0.15) is 0 Å². The van der Waals surface area contributed by atoms with E-state index in [4.69, 9.17) is 14.9 Å². The number of hydrogen-bond donors (Lipinski definition) is 1. The molecule has 17 heteroatoms. The van der Waals surface area contributed by atoms with Crippen LogP contribution in [0.25, 0.3) is 27.6 Å². The first-order valence-electron chi connectivity index (χ1n) is 12.8. The monoisotopic (exact) mass is 640 g/mol. The van der Waals surface area contributed by atoms with Crippen molar-refractivity contribution in [2.24, 2.45) is 0 Å². The highest BCUT2D eigenvalue weighted by atomic mass is 35.5. The molecule has 1 saturated heterocycles. The zero-order chi connectivity index (χ0) is 28.7. The van der Waals surface area contributed by atoms with Crippen LogP contribution in [-0.4, -0.2) is 84.9 Å². The molecule has 224 valence electrons. The first kappa shape index (κ1) is 30.0. The predicted octanol–water partition coefficient (Wildman–Crippen LogP) is 2.62. The summed E-state index contributed by atoms with van der Waals surface area (Å²) in [5.41, 5.74) is 7.29. The van der Waals surface area contributed by atoms with Gasteiger partial charge in [0.05, 0.1) is 18.2 Å². The largest absolute Gasteiger partial charge is 0.616 e. The topological polar surface area (TPSA) is 143 Å². The Morgan fingerprint density at radius 3 is 2.64 bits per heavy atom. The van der Waals surface area contributed by atoms with Crippen molar-refractivity contribution >= 4 is 62.5 Å². The van der Waals surface area contributed by atoms with Gasteiger partial charge in [0.25, 0.3) is 0 Å². The number of halogens is 3. The van der Waals surface area contributed by atoms with E-state index >= 15 is 0 Å². The van der Waals surface area contributed by atoms with Crippen LogP contribution in [0, 0.1) is 11.6 Å². The molecule has 42 heavy (non-hydrogen) atoms. The van der Waals surface area contributed by atoms with Crippen LogP contribution < -0.4 is 20.2 Å². The lowest BCUT2D eigenvalue weighted by atomic mass is 10.2. The Balaban J connectivity index is 0.00000353. The second kappa shape index (κ2) is 12.4. The summed E-state index contributed by atoms with van der Waals surface area (Å²) < 4.78 is 54.5. The minimum Gasteiger partial charge on any atom is -0.616 e. The summed E-state index contributed by atoms with van der Waals surface area (Å²) in [4.78, 5) is 25.7. The Morgan fingerprint density at radius 2 is 1.93 bits per heavy atom. The zero-order valence-electron chi connectivity index (χ0n) is 22.4. The zero-order valence-corrected chi connectivity index (χ0v) is 24.8. The number of benzene rings is 1. The van der Waals surface area contributed by atoms with Crippen LogP contribution >= 0.6 is 23.7 Å². The van der Waals surface area contributed by atoms with Gasteiger partial charge in [-0.1, -0.05) is 22.5 Å². The van der Waals surface area contributed by atoms with Gasteiger partial charge in [-0.3, -0.25) is 14.3 Å². The molecule has 0 aliphatic carbocycles. The second-order valence-corrected chi connectivity index (χ2v) is 12.0. The summed E-state index contributed by atoms with van der Waals surface area (Å²) in [6.45, 7) is 3.23. The molecule has 5 aromatic rings. The Morgan fingerprint density at radius 1 is 1.14 bits per heavy atom. The summed E-state index contributed by atoms with van der Waals surface area (Å²) in [6, 6.07) is 5.64. The van der Waals surface area contributed by atoms with Crippen molar-refractivity contribution in [3.05, 3.63) is 51.8 Å². The number of nitrogens with zero attached hydrogens (tertiary/aromatic N) is 7. The Kier molecular flexibility index (Phi) is 8.89. The van der Waals surface area contributed by atoms with Crippen molar-refractivity contribution in [1.29, 1.82) is 0 Å². The van der Waals surface area contributed by atoms with Crippen molar-refractivity contribution in [2.45, 2.75) is 6.54 Å². The third-order valence-electron chi connectivity index (χ3n) is 6.84. The van der Waals surface area contributed by atoms with E-state index in [9.17, 15) is 18.1 Å². The van der Waals surface area contributed by atoms with Crippen molar-refractivity contribution in [1.82, 2.24) is 29.0 Å². The fourth-order valence-corrected chi connectivity index (χ4v) is 5.98. The molecule has 2 N–H and O–H groups in total. The van der Waals surface area contributed by atoms with Crippen LogP contribution in [0.5, 0.6) is 5.75 Å². The van der Waals surface area contributed by atoms with E-state index in [1.165, 1.54) is 23.1 Å². The third-order valence-corrected chi connectivity index (χ3v) is 8.55. The lowest BCUT2D eigenvalue weighted by Gasteiger charge is -2.36. The standard InChI is InChI=1S/C25H26F2N8O4S2.ClH/c1-41(37)12-11-39-19-14-17(15(26)13-16(19)27)33-7-4-32(5-8-33)6-9-34-22-20(40-25(34)36)23-29-21(18-3-2-10-38-18)31-35(23)24(28)30-22;/h2-3,10,13-14H,4-9,11-12H2,1H3,(H2,28,30);1H/t41-;/m0./s1. The molecule has 0 amide bonds. The molecule has 1 aromatic carbocycles. The molecular weight excluding hydrogens is 614 g/mol. The summed E-state index contributed by atoms with van der Waals surface area (Å²) in [6.07, 6.45) is 3.06. The quantitative estimate of drug-likeness (QED) is 0.239. The molecule has 4 aromatic heterocycles. The molecule has 0 unspecified atom stereocenters. The van der Waals surface area contributed by atoms with Crippen molar-refractivity contribution < 1.29 is 22.5 Å². The average molecular weight is 641 g/mol. The fourth-order valence-electron chi connectivity index (χ4n) is 4.73. The summed E-state index contributed by atoms with van der Waals surface area (Å²) in [5.74, 6) is -0.355. The van der Waals surface area contributed by atoms with E-state index in [-0.39, 0.29) is 47.0 Å².